The molecular formula is C20H30F3N. The van der Waals surface area contributed by atoms with Gasteiger partial charge in [0.25, 0.3) is 0 Å². The topological polar surface area (TPSA) is 12.0 Å². The summed E-state index contributed by atoms with van der Waals surface area (Å²) in [6, 6.07) is 4.09. The summed E-state index contributed by atoms with van der Waals surface area (Å²) in [4.78, 5) is 0. The fourth-order valence-electron chi connectivity index (χ4n) is 3.69. The Morgan fingerprint density at radius 1 is 1.21 bits per heavy atom. The van der Waals surface area contributed by atoms with Crippen molar-refractivity contribution in [3.63, 3.8) is 0 Å². The van der Waals surface area contributed by atoms with Crippen molar-refractivity contribution < 1.29 is 13.2 Å². The predicted molar refractivity (Wildman–Crippen MR) is 94.4 cm³/mol. The van der Waals surface area contributed by atoms with Crippen LogP contribution in [0.1, 0.15) is 76.3 Å². The molecule has 1 nitrogen and oxygen atoms in total. The maximum absolute atomic E-state index is 13.0. The molecule has 1 heterocycles. The molecule has 0 radical (unpaired) electrons. The van der Waals surface area contributed by atoms with Crippen LogP contribution in [-0.2, 0) is 6.18 Å². The zero-order chi connectivity index (χ0) is 17.7. The number of alkyl halides is 3. The van der Waals surface area contributed by atoms with Crippen LogP contribution in [0, 0.1) is 11.8 Å². The van der Waals surface area contributed by atoms with Gasteiger partial charge in [-0.3, -0.25) is 0 Å². The highest BCUT2D eigenvalue weighted by Crippen LogP contribution is 2.41. The molecular weight excluding hydrogens is 311 g/mol. The summed E-state index contributed by atoms with van der Waals surface area (Å²) < 4.78 is 38.9. The molecule has 0 saturated heterocycles. The highest BCUT2D eigenvalue weighted by molar-refractivity contribution is 5.56. The van der Waals surface area contributed by atoms with Gasteiger partial charge in [-0.2, -0.15) is 13.2 Å². The third-order valence-corrected chi connectivity index (χ3v) is 5.46. The van der Waals surface area contributed by atoms with Crippen molar-refractivity contribution in [2.75, 3.05) is 11.9 Å². The molecule has 0 aliphatic carbocycles. The standard InChI is InChI=1S/C20H30F3N/c1-4-5-6-7-14(2)8-9-16-13-24-19-11-10-17(20(21,22)23)12-18(19)15(16)3/h10-12,14-16,24H,4-9,13H2,1-3H3. The highest BCUT2D eigenvalue weighted by atomic mass is 19.4. The van der Waals surface area contributed by atoms with Gasteiger partial charge in [-0.1, -0.05) is 52.9 Å². The van der Waals surface area contributed by atoms with Crippen molar-refractivity contribution >= 4 is 5.69 Å². The zero-order valence-corrected chi connectivity index (χ0v) is 15.0. The molecule has 0 aromatic heterocycles. The Morgan fingerprint density at radius 2 is 1.96 bits per heavy atom. The Hall–Kier alpha value is -1.19. The molecule has 1 aliphatic rings. The van der Waals surface area contributed by atoms with Gasteiger partial charge in [0.2, 0.25) is 0 Å². The van der Waals surface area contributed by atoms with E-state index >= 15 is 0 Å². The second-order valence-corrected chi connectivity index (χ2v) is 7.41. The molecule has 1 aliphatic heterocycles. The number of hydrogen-bond acceptors (Lipinski definition) is 1. The highest BCUT2D eigenvalue weighted by Gasteiger charge is 2.33. The smallest absolute Gasteiger partial charge is 0.385 e. The third-order valence-electron chi connectivity index (χ3n) is 5.46. The normalized spacial score (nSPS) is 21.9. The van der Waals surface area contributed by atoms with Crippen LogP contribution < -0.4 is 5.32 Å². The van der Waals surface area contributed by atoms with Gasteiger partial charge in [0.05, 0.1) is 5.56 Å². The van der Waals surface area contributed by atoms with Crippen LogP contribution in [0.15, 0.2) is 18.2 Å². The Balaban J connectivity index is 1.97. The van der Waals surface area contributed by atoms with E-state index in [1.807, 2.05) is 0 Å². The van der Waals surface area contributed by atoms with Crippen LogP contribution in [0.25, 0.3) is 0 Å². The van der Waals surface area contributed by atoms with E-state index in [4.69, 9.17) is 0 Å². The van der Waals surface area contributed by atoms with Crippen molar-refractivity contribution in [2.45, 2.75) is 71.4 Å². The summed E-state index contributed by atoms with van der Waals surface area (Å²) in [5, 5.41) is 3.33. The predicted octanol–water partition coefficient (Wildman–Crippen LogP) is 6.85. The molecule has 24 heavy (non-hydrogen) atoms. The molecule has 136 valence electrons. The number of halogens is 3. The lowest BCUT2D eigenvalue weighted by Gasteiger charge is -2.33. The van der Waals surface area contributed by atoms with E-state index in [-0.39, 0.29) is 5.92 Å². The summed E-state index contributed by atoms with van der Waals surface area (Å²) in [5.41, 5.74) is 1.14. The summed E-state index contributed by atoms with van der Waals surface area (Å²) in [5.74, 6) is 1.28. The average molecular weight is 341 g/mol. The van der Waals surface area contributed by atoms with Crippen LogP contribution in [0.5, 0.6) is 0 Å². The Morgan fingerprint density at radius 3 is 2.62 bits per heavy atom. The van der Waals surface area contributed by atoms with E-state index in [1.165, 1.54) is 37.8 Å². The first-order chi connectivity index (χ1) is 11.3. The van der Waals surface area contributed by atoms with Crippen molar-refractivity contribution in [1.82, 2.24) is 0 Å². The monoisotopic (exact) mass is 341 g/mol. The number of fused-ring (bicyclic) bond motifs is 1. The van der Waals surface area contributed by atoms with E-state index in [0.29, 0.717) is 11.8 Å². The number of rotatable bonds is 7. The maximum atomic E-state index is 13.0. The summed E-state index contributed by atoms with van der Waals surface area (Å²) in [7, 11) is 0. The fourth-order valence-corrected chi connectivity index (χ4v) is 3.69. The summed E-state index contributed by atoms with van der Waals surface area (Å²) in [6.07, 6.45) is 3.06. The average Bonchev–Trinajstić information content (AvgIpc) is 2.53. The van der Waals surface area contributed by atoms with Gasteiger partial charge in [-0.05, 0) is 47.9 Å². The summed E-state index contributed by atoms with van der Waals surface area (Å²) >= 11 is 0. The number of unbranched alkanes of at least 4 members (excludes halogenated alkanes) is 2. The molecule has 1 N–H and O–H groups in total. The molecule has 0 spiro atoms. The third kappa shape index (κ3) is 4.90. The first-order valence-corrected chi connectivity index (χ1v) is 9.28. The van der Waals surface area contributed by atoms with Crippen molar-refractivity contribution in [2.24, 2.45) is 11.8 Å². The number of benzene rings is 1. The van der Waals surface area contributed by atoms with Gasteiger partial charge in [0.1, 0.15) is 0 Å². The first-order valence-electron chi connectivity index (χ1n) is 9.28. The van der Waals surface area contributed by atoms with Gasteiger partial charge < -0.3 is 5.32 Å². The van der Waals surface area contributed by atoms with Crippen molar-refractivity contribution in [3.05, 3.63) is 29.3 Å². The summed E-state index contributed by atoms with van der Waals surface area (Å²) in [6.45, 7) is 7.45. The first kappa shape index (κ1) is 19.1. The van der Waals surface area contributed by atoms with Gasteiger partial charge in [-0.25, -0.2) is 0 Å². The van der Waals surface area contributed by atoms with E-state index in [2.05, 4.69) is 26.1 Å². The van der Waals surface area contributed by atoms with E-state index in [0.717, 1.165) is 30.6 Å². The molecule has 2 rings (SSSR count). The zero-order valence-electron chi connectivity index (χ0n) is 15.0. The van der Waals surface area contributed by atoms with Crippen LogP contribution in [-0.4, -0.2) is 6.54 Å². The minimum atomic E-state index is -4.27. The molecule has 0 fully saturated rings. The van der Waals surface area contributed by atoms with Crippen LogP contribution in [0.3, 0.4) is 0 Å². The SMILES string of the molecule is CCCCCC(C)CCC1CNc2ccc(C(F)(F)F)cc2C1C. The van der Waals surface area contributed by atoms with Crippen molar-refractivity contribution in [3.8, 4) is 0 Å². The Labute approximate surface area is 144 Å². The second-order valence-electron chi connectivity index (χ2n) is 7.41. The molecule has 0 amide bonds. The largest absolute Gasteiger partial charge is 0.416 e. The Kier molecular flexibility index (Phi) is 6.59. The van der Waals surface area contributed by atoms with Gasteiger partial charge in [0.15, 0.2) is 0 Å². The molecule has 0 saturated carbocycles. The van der Waals surface area contributed by atoms with Crippen molar-refractivity contribution in [1.29, 1.82) is 0 Å². The molecule has 0 bridgehead atoms. The van der Waals surface area contributed by atoms with Crippen LogP contribution >= 0.6 is 0 Å². The number of anilines is 1. The fraction of sp³-hybridized carbons (Fsp3) is 0.700. The van der Waals surface area contributed by atoms with Crippen LogP contribution in [0.2, 0.25) is 0 Å². The van der Waals surface area contributed by atoms with E-state index in [9.17, 15) is 13.2 Å². The molecule has 1 aromatic carbocycles. The maximum Gasteiger partial charge on any atom is 0.416 e. The van der Waals surface area contributed by atoms with Gasteiger partial charge >= 0.3 is 6.18 Å². The lowest BCUT2D eigenvalue weighted by molar-refractivity contribution is -0.137. The van der Waals surface area contributed by atoms with E-state index < -0.39 is 11.7 Å². The minimum Gasteiger partial charge on any atom is -0.385 e. The number of hydrogen-bond donors (Lipinski definition) is 1. The molecule has 1 aromatic rings. The Bertz CT molecular complexity index is 524. The van der Waals surface area contributed by atoms with Gasteiger partial charge in [0, 0.05) is 12.2 Å². The molecule has 3 atom stereocenters. The quantitative estimate of drug-likeness (QED) is 0.535. The lowest BCUT2D eigenvalue weighted by atomic mass is 9.79. The molecule has 3 unspecified atom stereocenters. The molecule has 4 heteroatoms. The van der Waals surface area contributed by atoms with E-state index in [1.54, 1.807) is 6.07 Å². The van der Waals surface area contributed by atoms with Crippen LogP contribution in [0.4, 0.5) is 18.9 Å². The number of nitrogens with one attached hydrogen (secondary N) is 1. The second kappa shape index (κ2) is 8.26. The lowest BCUT2D eigenvalue weighted by Crippen LogP contribution is -2.27. The van der Waals surface area contributed by atoms with Gasteiger partial charge in [-0.15, -0.1) is 0 Å². The minimum absolute atomic E-state index is 0.173.